The second-order valence-electron chi connectivity index (χ2n) is 4.22. The van der Waals surface area contributed by atoms with Gasteiger partial charge in [0, 0.05) is 20.2 Å². The third kappa shape index (κ3) is 1.97. The Morgan fingerprint density at radius 1 is 1.40 bits per heavy atom. The zero-order valence-corrected chi connectivity index (χ0v) is 8.68. The predicted octanol–water partition coefficient (Wildman–Crippen LogP) is -0.0456. The highest BCUT2D eigenvalue weighted by Crippen LogP contribution is 2.40. The van der Waals surface area contributed by atoms with Crippen molar-refractivity contribution in [2.24, 2.45) is 11.8 Å². The maximum absolute atomic E-state index is 11.8. The van der Waals surface area contributed by atoms with E-state index in [2.05, 4.69) is 0 Å². The van der Waals surface area contributed by atoms with Gasteiger partial charge in [-0.3, -0.25) is 9.59 Å². The van der Waals surface area contributed by atoms with Crippen LogP contribution in [-0.4, -0.2) is 48.2 Å². The molecule has 5 nitrogen and oxygen atoms in total. The van der Waals surface area contributed by atoms with Crippen molar-refractivity contribution in [1.29, 1.82) is 0 Å². The van der Waals surface area contributed by atoms with Gasteiger partial charge in [-0.15, -0.1) is 0 Å². The van der Waals surface area contributed by atoms with Crippen molar-refractivity contribution in [1.82, 2.24) is 4.90 Å². The van der Waals surface area contributed by atoms with Gasteiger partial charge in [0.15, 0.2) is 0 Å². The Hall–Kier alpha value is -1.10. The first-order chi connectivity index (χ1) is 7.13. The van der Waals surface area contributed by atoms with E-state index < -0.39 is 11.9 Å². The average Bonchev–Trinajstić information content (AvgIpc) is 2.88. The maximum Gasteiger partial charge on any atom is 0.307 e. The lowest BCUT2D eigenvalue weighted by Gasteiger charge is -2.15. The number of aliphatic carboxylic acids is 1. The molecule has 2 rings (SSSR count). The van der Waals surface area contributed by atoms with Gasteiger partial charge >= 0.3 is 5.97 Å². The summed E-state index contributed by atoms with van der Waals surface area (Å²) >= 11 is 0. The van der Waals surface area contributed by atoms with Crippen LogP contribution in [-0.2, 0) is 14.3 Å². The molecule has 5 heteroatoms. The fourth-order valence-electron chi connectivity index (χ4n) is 2.10. The van der Waals surface area contributed by atoms with Crippen molar-refractivity contribution >= 4 is 11.9 Å². The van der Waals surface area contributed by atoms with Gasteiger partial charge in [-0.25, -0.2) is 0 Å². The molecule has 84 valence electrons. The fourth-order valence-corrected chi connectivity index (χ4v) is 2.10. The van der Waals surface area contributed by atoms with E-state index in [1.54, 1.807) is 12.0 Å². The molecular weight excluding hydrogens is 198 g/mol. The third-order valence-corrected chi connectivity index (χ3v) is 3.21. The highest BCUT2D eigenvalue weighted by Gasteiger charge is 2.50. The number of likely N-dealkylation sites (tertiary alicyclic amines) is 1. The van der Waals surface area contributed by atoms with Gasteiger partial charge in [0.25, 0.3) is 0 Å². The van der Waals surface area contributed by atoms with Gasteiger partial charge in [-0.05, 0) is 12.8 Å². The second-order valence-corrected chi connectivity index (χ2v) is 4.22. The van der Waals surface area contributed by atoms with Crippen molar-refractivity contribution < 1.29 is 19.4 Å². The quantitative estimate of drug-likeness (QED) is 0.714. The van der Waals surface area contributed by atoms with Gasteiger partial charge < -0.3 is 14.7 Å². The number of hydrogen-bond acceptors (Lipinski definition) is 3. The highest BCUT2D eigenvalue weighted by molar-refractivity contribution is 5.89. The molecule has 15 heavy (non-hydrogen) atoms. The molecule has 1 saturated carbocycles. The lowest BCUT2D eigenvalue weighted by Crippen LogP contribution is -2.32. The summed E-state index contributed by atoms with van der Waals surface area (Å²) in [7, 11) is 1.63. The second kappa shape index (κ2) is 3.81. The standard InChI is InChI=1S/C10H15NO4/c1-15-6-2-3-11(5-6)9(12)7-4-8(7)10(13)14/h6-8H,2-5H2,1H3,(H,13,14). The fraction of sp³-hybridized carbons (Fsp3) is 0.800. The number of rotatable bonds is 3. The molecule has 0 bridgehead atoms. The normalized spacial score (nSPS) is 34.2. The van der Waals surface area contributed by atoms with Crippen LogP contribution < -0.4 is 0 Å². The molecule has 1 aliphatic heterocycles. The van der Waals surface area contributed by atoms with E-state index in [1.807, 2.05) is 0 Å². The first-order valence-electron chi connectivity index (χ1n) is 5.18. The maximum atomic E-state index is 11.8. The Morgan fingerprint density at radius 3 is 2.60 bits per heavy atom. The highest BCUT2D eigenvalue weighted by atomic mass is 16.5. The van der Waals surface area contributed by atoms with Crippen LogP contribution in [0.3, 0.4) is 0 Å². The minimum absolute atomic E-state index is 0.0121. The van der Waals surface area contributed by atoms with Crippen LogP contribution in [0.1, 0.15) is 12.8 Å². The first-order valence-corrected chi connectivity index (χ1v) is 5.18. The lowest BCUT2D eigenvalue weighted by molar-refractivity contribution is -0.141. The van der Waals surface area contributed by atoms with Crippen LogP contribution in [0, 0.1) is 11.8 Å². The summed E-state index contributed by atoms with van der Waals surface area (Å²) in [5.41, 5.74) is 0. The molecule has 3 atom stereocenters. The largest absolute Gasteiger partial charge is 0.481 e. The molecule has 3 unspecified atom stereocenters. The number of carbonyl (C=O) groups excluding carboxylic acids is 1. The number of amides is 1. The Bertz CT molecular complexity index is 291. The summed E-state index contributed by atoms with van der Waals surface area (Å²) in [6.07, 6.45) is 1.48. The summed E-state index contributed by atoms with van der Waals surface area (Å²) in [5, 5.41) is 8.72. The van der Waals surface area contributed by atoms with E-state index in [9.17, 15) is 9.59 Å². The van der Waals surface area contributed by atoms with Crippen LogP contribution >= 0.6 is 0 Å². The molecule has 0 aromatic rings. The van der Waals surface area contributed by atoms with Gasteiger partial charge in [-0.1, -0.05) is 0 Å². The Balaban J connectivity index is 1.86. The lowest BCUT2D eigenvalue weighted by atomic mass is 10.3. The van der Waals surface area contributed by atoms with Gasteiger partial charge in [-0.2, -0.15) is 0 Å². The number of methoxy groups -OCH3 is 1. The van der Waals surface area contributed by atoms with Crippen LogP contribution in [0.5, 0.6) is 0 Å². The van der Waals surface area contributed by atoms with Crippen molar-refractivity contribution in [3.05, 3.63) is 0 Å². The number of hydrogen-bond donors (Lipinski definition) is 1. The van der Waals surface area contributed by atoms with Crippen molar-refractivity contribution in [2.45, 2.75) is 18.9 Å². The summed E-state index contributed by atoms with van der Waals surface area (Å²) in [6.45, 7) is 1.30. The zero-order valence-electron chi connectivity index (χ0n) is 8.68. The molecule has 1 heterocycles. The van der Waals surface area contributed by atoms with E-state index in [0.29, 0.717) is 19.5 Å². The van der Waals surface area contributed by atoms with Crippen LogP contribution in [0.25, 0.3) is 0 Å². The molecule has 1 saturated heterocycles. The van der Waals surface area contributed by atoms with E-state index in [0.717, 1.165) is 6.42 Å². The van der Waals surface area contributed by atoms with Crippen LogP contribution in [0.15, 0.2) is 0 Å². The monoisotopic (exact) mass is 213 g/mol. The molecular formula is C10H15NO4. The Labute approximate surface area is 88.0 Å². The number of ether oxygens (including phenoxy) is 1. The molecule has 2 fully saturated rings. The van der Waals surface area contributed by atoms with E-state index in [1.165, 1.54) is 0 Å². The molecule has 1 aliphatic carbocycles. The molecule has 0 aromatic heterocycles. The van der Waals surface area contributed by atoms with Crippen molar-refractivity contribution in [3.8, 4) is 0 Å². The summed E-state index contributed by atoms with van der Waals surface area (Å²) in [6, 6.07) is 0. The van der Waals surface area contributed by atoms with Gasteiger partial charge in [0.2, 0.25) is 5.91 Å². The summed E-state index contributed by atoms with van der Waals surface area (Å²) in [5.74, 6) is -1.59. The van der Waals surface area contributed by atoms with E-state index in [-0.39, 0.29) is 17.9 Å². The van der Waals surface area contributed by atoms with Gasteiger partial charge in [0.05, 0.1) is 17.9 Å². The topological polar surface area (TPSA) is 66.8 Å². The van der Waals surface area contributed by atoms with Gasteiger partial charge in [0.1, 0.15) is 0 Å². The van der Waals surface area contributed by atoms with Crippen molar-refractivity contribution in [3.63, 3.8) is 0 Å². The van der Waals surface area contributed by atoms with Crippen molar-refractivity contribution in [2.75, 3.05) is 20.2 Å². The first kappa shape index (κ1) is 10.4. The SMILES string of the molecule is COC1CCN(C(=O)C2CC2C(=O)O)C1. The molecule has 0 aromatic carbocycles. The molecule has 0 radical (unpaired) electrons. The zero-order chi connectivity index (χ0) is 11.0. The molecule has 1 amide bonds. The van der Waals surface area contributed by atoms with Crippen LogP contribution in [0.2, 0.25) is 0 Å². The Kier molecular flexibility index (Phi) is 2.65. The summed E-state index contributed by atoms with van der Waals surface area (Å²) < 4.78 is 5.16. The van der Waals surface area contributed by atoms with Crippen LogP contribution in [0.4, 0.5) is 0 Å². The molecule has 2 aliphatic rings. The van der Waals surface area contributed by atoms with E-state index >= 15 is 0 Å². The smallest absolute Gasteiger partial charge is 0.307 e. The number of nitrogens with zero attached hydrogens (tertiary/aromatic N) is 1. The molecule has 0 spiro atoms. The number of carboxylic acid groups (broad SMARTS) is 1. The average molecular weight is 213 g/mol. The number of carboxylic acids is 1. The third-order valence-electron chi connectivity index (χ3n) is 3.21. The summed E-state index contributed by atoms with van der Waals surface area (Å²) in [4.78, 5) is 24.1. The van der Waals surface area contributed by atoms with E-state index in [4.69, 9.17) is 9.84 Å². The number of carbonyl (C=O) groups is 2. The Morgan fingerprint density at radius 2 is 2.13 bits per heavy atom. The minimum atomic E-state index is -0.851. The minimum Gasteiger partial charge on any atom is -0.481 e. The molecule has 1 N–H and O–H groups in total. The predicted molar refractivity (Wildman–Crippen MR) is 51.2 cm³/mol.